The lowest BCUT2D eigenvalue weighted by atomic mass is 9.68. The smallest absolute Gasteiger partial charge is 0.338 e. The van der Waals surface area contributed by atoms with Gasteiger partial charge in [0, 0.05) is 24.3 Å². The zero-order valence-corrected chi connectivity index (χ0v) is 89.3. The number of aliphatic hydroxyl groups excluding tert-OH is 2. The fourth-order valence-corrected chi connectivity index (χ4v) is 14.1. The van der Waals surface area contributed by atoms with Crippen molar-refractivity contribution in [2.24, 2.45) is 23.7 Å². The number of thioether (sulfide) groups is 1. The molecule has 7 aromatic carbocycles. The summed E-state index contributed by atoms with van der Waals surface area (Å²) in [6.07, 6.45) is 60.6. The Morgan fingerprint density at radius 1 is 0.338 bits per heavy atom. The first-order valence-corrected chi connectivity index (χ1v) is 50.9. The van der Waals surface area contributed by atoms with Crippen LogP contribution in [0.5, 0.6) is 11.5 Å². The van der Waals surface area contributed by atoms with E-state index in [1.54, 1.807) is 24.3 Å². The maximum atomic E-state index is 11.5. The van der Waals surface area contributed by atoms with Crippen LogP contribution < -0.4 is 9.47 Å². The first-order valence-electron chi connectivity index (χ1n) is 49.7. The summed E-state index contributed by atoms with van der Waals surface area (Å²) in [6.45, 7) is 92.7. The number of carbonyl (C=O) groups is 4. The van der Waals surface area contributed by atoms with Crippen LogP contribution in [-0.4, -0.2) is 111 Å². The van der Waals surface area contributed by atoms with Gasteiger partial charge >= 0.3 is 23.9 Å². The SMILES string of the molecule is C=CC(O)C(O)C=C.C=CC1CCC(C=C)CC1.C=CCC=C.C=CCCCC=C.C=CCCCC=C.C=CCOC(=O)c1ccc(C(=O)OCC=C)cc1.C=CCOCC=C.C=CCOc1ccc(C2(c3ccc(OCC=C)cc3)c3ccccc3-c3ccccc32)cc1.C=CCSCC=C.C=COC(=O)CCCCC(=O)OC=C.C=COCC1CCC(COC=C)CC1.C=Cc1ccc(C=C)cc1.C=Cc1ccccc1. The molecule has 2 N–H and O–H groups in total. The molecule has 2 fully saturated rings. The zero-order chi connectivity index (χ0) is 111. The first-order chi connectivity index (χ1) is 72.0. The van der Waals surface area contributed by atoms with E-state index >= 15 is 0 Å². The second-order valence-electron chi connectivity index (χ2n) is 32.2. The van der Waals surface area contributed by atoms with Gasteiger partial charge in [0.25, 0.3) is 0 Å². The van der Waals surface area contributed by atoms with E-state index in [0.717, 1.165) is 104 Å². The Kier molecular flexibility index (Phi) is 90.2. The molecule has 0 radical (unpaired) electrons. The van der Waals surface area contributed by atoms with Crippen LogP contribution in [0, 0.1) is 23.7 Å². The number of fused-ring (bicyclic) bond motifs is 3. The number of aliphatic hydroxyl groups is 2. The number of carbonyl (C=O) groups excluding carboxylic acids is 4. The van der Waals surface area contributed by atoms with Gasteiger partial charge < -0.3 is 52.8 Å². The Bertz CT molecular complexity index is 4600. The van der Waals surface area contributed by atoms with E-state index in [1.165, 1.54) is 164 Å². The van der Waals surface area contributed by atoms with Crippen molar-refractivity contribution in [1.82, 2.24) is 0 Å². The van der Waals surface area contributed by atoms with Gasteiger partial charge in [-0.3, -0.25) is 9.59 Å². The van der Waals surface area contributed by atoms with Gasteiger partial charge in [-0.2, -0.15) is 11.8 Å². The van der Waals surface area contributed by atoms with Crippen LogP contribution >= 0.6 is 11.8 Å². The van der Waals surface area contributed by atoms with E-state index < -0.39 is 29.6 Å². The van der Waals surface area contributed by atoms with Gasteiger partial charge in [-0.05, 0) is 231 Å². The Morgan fingerprint density at radius 2 is 0.662 bits per heavy atom. The van der Waals surface area contributed by atoms with E-state index in [-0.39, 0.29) is 38.0 Å². The highest BCUT2D eigenvalue weighted by Crippen LogP contribution is 2.56. The summed E-state index contributed by atoms with van der Waals surface area (Å²) in [4.78, 5) is 44.5. The summed E-state index contributed by atoms with van der Waals surface area (Å²) in [5.41, 5.74) is 11.3. The molecule has 0 aromatic heterocycles. The van der Waals surface area contributed by atoms with E-state index in [9.17, 15) is 19.2 Å². The Balaban J connectivity index is -0.00000161. The molecule has 0 heterocycles. The molecular weight excluding hydrogens is 1860 g/mol. The second kappa shape index (κ2) is 97.1. The zero-order valence-electron chi connectivity index (χ0n) is 88.4. The molecule has 7 aromatic rings. The third-order valence-corrected chi connectivity index (χ3v) is 22.2. The lowest BCUT2D eigenvalue weighted by Gasteiger charge is -2.34. The fourth-order valence-electron chi connectivity index (χ4n) is 13.6. The third-order valence-electron chi connectivity index (χ3n) is 21.3. The van der Waals surface area contributed by atoms with Gasteiger partial charge in [0.15, 0.2) is 0 Å². The highest BCUT2D eigenvalue weighted by atomic mass is 32.2. The Morgan fingerprint density at radius 3 is 0.932 bits per heavy atom. The molecule has 794 valence electrons. The lowest BCUT2D eigenvalue weighted by molar-refractivity contribution is -0.140. The predicted octanol–water partition coefficient (Wildman–Crippen LogP) is 33.4. The van der Waals surface area contributed by atoms with Crippen LogP contribution in [0.2, 0.25) is 0 Å². The molecule has 15 nitrogen and oxygen atoms in total. The lowest BCUT2D eigenvalue weighted by Crippen LogP contribution is -2.28. The number of hydrogen-bond acceptors (Lipinski definition) is 16. The van der Waals surface area contributed by atoms with Crippen molar-refractivity contribution in [1.29, 1.82) is 0 Å². The number of allylic oxidation sites excluding steroid dienone is 8. The van der Waals surface area contributed by atoms with Crippen molar-refractivity contribution in [3.05, 3.63) is 525 Å². The minimum Gasteiger partial charge on any atom is -0.502 e. The van der Waals surface area contributed by atoms with E-state index in [2.05, 4.69) is 259 Å². The number of hydrogen-bond donors (Lipinski definition) is 2. The third kappa shape index (κ3) is 65.7. The van der Waals surface area contributed by atoms with Gasteiger partial charge in [-0.1, -0.05) is 327 Å². The number of rotatable bonds is 53. The highest BCUT2D eigenvalue weighted by Gasteiger charge is 2.46. The fraction of sp³-hybridized carbons (Fsp3) is 0.273. The first kappa shape index (κ1) is 137. The summed E-state index contributed by atoms with van der Waals surface area (Å²) < 4.78 is 45.5. The normalized spacial score (nSPS) is 13.3. The van der Waals surface area contributed by atoms with Gasteiger partial charge in [0.1, 0.15) is 50.1 Å². The molecular formula is C132H170O15S. The van der Waals surface area contributed by atoms with Crippen molar-refractivity contribution in [2.45, 2.75) is 140 Å². The maximum absolute atomic E-state index is 11.5. The van der Waals surface area contributed by atoms with Crippen molar-refractivity contribution in [3.8, 4) is 22.6 Å². The molecule has 2 saturated carbocycles. The molecule has 148 heavy (non-hydrogen) atoms. The average Bonchev–Trinajstić information content (AvgIpc) is 1.54. The predicted molar refractivity (Wildman–Crippen MR) is 635 cm³/mol. The largest absolute Gasteiger partial charge is 0.502 e. The monoisotopic (exact) mass is 2030 g/mol. The van der Waals surface area contributed by atoms with Crippen molar-refractivity contribution >= 4 is 53.9 Å². The summed E-state index contributed by atoms with van der Waals surface area (Å²) in [5.74, 6) is 5.16. The van der Waals surface area contributed by atoms with E-state index in [0.29, 0.717) is 62.2 Å². The second-order valence-corrected chi connectivity index (χ2v) is 33.3. The molecule has 2 atom stereocenters. The summed E-state index contributed by atoms with van der Waals surface area (Å²) in [6, 6.07) is 58.5. The highest BCUT2D eigenvalue weighted by molar-refractivity contribution is 7.99. The van der Waals surface area contributed by atoms with Crippen LogP contribution in [-0.2, 0) is 48.2 Å². The number of benzene rings is 7. The molecule has 0 saturated heterocycles. The van der Waals surface area contributed by atoms with Crippen LogP contribution in [0.3, 0.4) is 0 Å². The van der Waals surface area contributed by atoms with Crippen molar-refractivity contribution in [2.75, 3.05) is 64.4 Å². The average molecular weight is 2030 g/mol. The summed E-state index contributed by atoms with van der Waals surface area (Å²) >= 11 is 1.82. The minimum atomic E-state index is -0.882. The quantitative estimate of drug-likeness (QED) is 0.0120. The minimum absolute atomic E-state index is 0.155. The molecule has 0 aliphatic heterocycles. The number of esters is 4. The molecule has 0 amide bonds. The number of unbranched alkanes of at least 4 members (excludes halogenated alkanes) is 5. The van der Waals surface area contributed by atoms with Crippen LogP contribution in [0.25, 0.3) is 29.4 Å². The summed E-state index contributed by atoms with van der Waals surface area (Å²) in [7, 11) is 0. The molecule has 16 heteroatoms. The Labute approximate surface area is 895 Å². The Hall–Kier alpha value is -14.7. The molecule has 10 rings (SSSR count). The summed E-state index contributed by atoms with van der Waals surface area (Å²) in [5, 5.41) is 17.4. The molecule has 3 aliphatic rings. The molecule has 2 unspecified atom stereocenters. The van der Waals surface area contributed by atoms with Crippen LogP contribution in [0.1, 0.15) is 182 Å². The molecule has 0 spiro atoms. The van der Waals surface area contributed by atoms with Crippen LogP contribution in [0.15, 0.2) is 475 Å². The molecule has 3 aliphatic carbocycles. The van der Waals surface area contributed by atoms with Gasteiger partial charge in [0.2, 0.25) is 0 Å². The van der Waals surface area contributed by atoms with E-state index in [4.69, 9.17) is 43.4 Å². The van der Waals surface area contributed by atoms with Crippen LogP contribution in [0.4, 0.5) is 0 Å². The standard InChI is InChI=1S/C31H26O2.C14H14O4.C12H20O2.C10H14O4.C10H16.C10H10.C8H8.2C7H12.C6H10O2.C6H10O.C6H10S.C5H8/c1-3-21-32-25-17-13-23(14-18-25)31(24-15-19-26(20-16-24)33-22-4-2)29-11-7-5-9-27(29)28-10-6-8-12-30(28)31;1-3-9-17-13(15)11-5-7-12(8-6-11)14(16)18-10-4-2;1-3-13-9-11-5-7-12(8-6-11)10-14-4-2;1-3-13-9(11)7-5-6-8-10(12)14-4-2;2*1-3-9-5-7-10(4-2)8-6-9;1-2-8-6-4-3-5-7-8;2*1-3-5-7-6-4-2;1-3-5(7)6(8)4-2;2*1-3-5-7-6-4-2;1-3-5-4-2/h3-20H,1-2,21-22H2;3-8H,1-2,9-10H2;3-4,11-12H,1-2,5-10H2;3-4H,1-2,5-8H2;3-4,9-10H,1-2,5-8H2;3-8H,1-2H2;2-7H,1H2;2*3-4H,1-2,5-7H2;3-8H,1-2H2;2*3-4H,1-2,5-6H2;3-4H,1-2,5H2. The van der Waals surface area contributed by atoms with E-state index in [1.807, 2.05) is 157 Å². The number of ether oxygens (including phenoxy) is 9. The maximum Gasteiger partial charge on any atom is 0.338 e. The molecule has 0 bridgehead atoms. The van der Waals surface area contributed by atoms with Gasteiger partial charge in [0.05, 0.1) is 68.0 Å². The van der Waals surface area contributed by atoms with Gasteiger partial charge in [-0.25, -0.2) is 9.59 Å². The van der Waals surface area contributed by atoms with Gasteiger partial charge in [-0.15, -0.1) is 92.1 Å². The van der Waals surface area contributed by atoms with Crippen molar-refractivity contribution < 1.29 is 72.0 Å². The topological polar surface area (TPSA) is 192 Å². The van der Waals surface area contributed by atoms with Crippen molar-refractivity contribution in [3.63, 3.8) is 0 Å².